The van der Waals surface area contributed by atoms with Crippen molar-refractivity contribution in [2.45, 2.75) is 46.6 Å². The van der Waals surface area contributed by atoms with E-state index in [2.05, 4.69) is 25.2 Å². The Hall–Kier alpha value is -1.35. The summed E-state index contributed by atoms with van der Waals surface area (Å²) in [5.74, 6) is 0.778. The summed E-state index contributed by atoms with van der Waals surface area (Å²) in [6.07, 6.45) is 2.33. The zero-order chi connectivity index (χ0) is 15.4. The first-order valence-corrected chi connectivity index (χ1v) is 8.07. The Balaban J connectivity index is 2.03. The summed E-state index contributed by atoms with van der Waals surface area (Å²) in [7, 11) is 0. The number of nitrogens with zero attached hydrogens (tertiary/aromatic N) is 1. The molecule has 3 heteroatoms. The van der Waals surface area contributed by atoms with Gasteiger partial charge in [0.25, 0.3) is 5.91 Å². The molecule has 1 atom stereocenters. The number of amides is 1. The summed E-state index contributed by atoms with van der Waals surface area (Å²) in [6.45, 7) is 11.2. The number of carbonyl (C=O) groups excluding carboxylic acids is 1. The predicted octanol–water partition coefficient (Wildman–Crippen LogP) is 3.15. The van der Waals surface area contributed by atoms with Crippen LogP contribution in [0.25, 0.3) is 0 Å². The molecule has 1 aliphatic rings. The first kappa shape index (κ1) is 16.0. The van der Waals surface area contributed by atoms with E-state index < -0.39 is 0 Å². The average molecular weight is 288 g/mol. The van der Waals surface area contributed by atoms with E-state index >= 15 is 0 Å². The number of nitrogens with one attached hydrogen (secondary N) is 1. The topological polar surface area (TPSA) is 32.3 Å². The Kier molecular flexibility index (Phi) is 5.40. The minimum Gasteiger partial charge on any atom is -0.338 e. The van der Waals surface area contributed by atoms with Crippen molar-refractivity contribution in [1.29, 1.82) is 0 Å². The highest BCUT2D eigenvalue weighted by Gasteiger charge is 2.25. The molecule has 21 heavy (non-hydrogen) atoms. The smallest absolute Gasteiger partial charge is 0.254 e. The normalized spacial score (nSPS) is 19.1. The summed E-state index contributed by atoms with van der Waals surface area (Å²) in [4.78, 5) is 14.8. The molecule has 0 aromatic heterocycles. The number of carbonyl (C=O) groups is 1. The summed E-state index contributed by atoms with van der Waals surface area (Å²) >= 11 is 0. The second-order valence-corrected chi connectivity index (χ2v) is 6.64. The van der Waals surface area contributed by atoms with E-state index in [0.717, 1.165) is 42.7 Å². The van der Waals surface area contributed by atoms with Crippen LogP contribution in [0.5, 0.6) is 0 Å². The van der Waals surface area contributed by atoms with Gasteiger partial charge in [0.15, 0.2) is 0 Å². The third kappa shape index (κ3) is 4.31. The lowest BCUT2D eigenvalue weighted by Crippen LogP contribution is -2.44. The van der Waals surface area contributed by atoms with Gasteiger partial charge in [-0.15, -0.1) is 0 Å². The van der Waals surface area contributed by atoms with Gasteiger partial charge in [-0.2, -0.15) is 0 Å². The largest absolute Gasteiger partial charge is 0.338 e. The lowest BCUT2D eigenvalue weighted by Gasteiger charge is -2.33. The Bertz CT molecular complexity index is 496. The maximum Gasteiger partial charge on any atom is 0.254 e. The summed E-state index contributed by atoms with van der Waals surface area (Å²) in [5, 5.41) is 3.50. The number of aryl methyl sites for hydroxylation is 2. The van der Waals surface area contributed by atoms with E-state index in [-0.39, 0.29) is 5.91 Å². The maximum atomic E-state index is 12.8. The molecule has 1 saturated heterocycles. The Morgan fingerprint density at radius 3 is 2.86 bits per heavy atom. The van der Waals surface area contributed by atoms with Crippen molar-refractivity contribution in [2.75, 3.05) is 19.6 Å². The van der Waals surface area contributed by atoms with E-state index in [1.807, 2.05) is 30.9 Å². The van der Waals surface area contributed by atoms with E-state index in [9.17, 15) is 4.79 Å². The molecule has 116 valence electrons. The van der Waals surface area contributed by atoms with Crippen LogP contribution in [0.3, 0.4) is 0 Å². The van der Waals surface area contributed by atoms with Gasteiger partial charge in [0.1, 0.15) is 0 Å². The van der Waals surface area contributed by atoms with Crippen LogP contribution in [-0.4, -0.2) is 36.5 Å². The van der Waals surface area contributed by atoms with Crippen LogP contribution >= 0.6 is 0 Å². The number of benzene rings is 1. The van der Waals surface area contributed by atoms with E-state index in [1.165, 1.54) is 6.42 Å². The third-order valence-corrected chi connectivity index (χ3v) is 4.24. The van der Waals surface area contributed by atoms with Crippen molar-refractivity contribution in [3.05, 3.63) is 34.9 Å². The van der Waals surface area contributed by atoms with Crippen LogP contribution in [0.15, 0.2) is 18.2 Å². The molecule has 0 bridgehead atoms. The lowest BCUT2D eigenvalue weighted by molar-refractivity contribution is 0.0671. The highest BCUT2D eigenvalue weighted by atomic mass is 16.2. The van der Waals surface area contributed by atoms with Crippen LogP contribution in [0.1, 0.15) is 48.2 Å². The van der Waals surface area contributed by atoms with Gasteiger partial charge in [0.2, 0.25) is 0 Å². The van der Waals surface area contributed by atoms with Gasteiger partial charge in [-0.25, -0.2) is 0 Å². The minimum absolute atomic E-state index is 0.199. The predicted molar refractivity (Wildman–Crippen MR) is 87.7 cm³/mol. The van der Waals surface area contributed by atoms with Crippen LogP contribution in [0, 0.1) is 19.8 Å². The molecular weight excluding hydrogens is 260 g/mol. The molecule has 0 saturated carbocycles. The van der Waals surface area contributed by atoms with Gasteiger partial charge >= 0.3 is 0 Å². The standard InChI is InChI=1S/C18H28N2O/c1-13(2)19-11-16-6-5-9-20(12-16)18(21)17-10-14(3)7-8-15(17)4/h7-8,10,13,16,19H,5-6,9,11-12H2,1-4H3. The molecule has 3 nitrogen and oxygen atoms in total. The number of piperidine rings is 1. The Labute approximate surface area is 128 Å². The van der Waals surface area contributed by atoms with Crippen LogP contribution in [0.4, 0.5) is 0 Å². The monoisotopic (exact) mass is 288 g/mol. The molecule has 0 radical (unpaired) electrons. The summed E-state index contributed by atoms with van der Waals surface area (Å²) in [5.41, 5.74) is 3.10. The van der Waals surface area contributed by atoms with Gasteiger partial charge in [-0.3, -0.25) is 4.79 Å². The van der Waals surface area contributed by atoms with Gasteiger partial charge < -0.3 is 10.2 Å². The fourth-order valence-electron chi connectivity index (χ4n) is 2.96. The summed E-state index contributed by atoms with van der Waals surface area (Å²) < 4.78 is 0. The average Bonchev–Trinajstić information content (AvgIpc) is 2.47. The molecule has 1 heterocycles. The Morgan fingerprint density at radius 2 is 2.14 bits per heavy atom. The number of hydrogen-bond donors (Lipinski definition) is 1. The van der Waals surface area contributed by atoms with E-state index in [4.69, 9.17) is 0 Å². The quantitative estimate of drug-likeness (QED) is 0.923. The van der Waals surface area contributed by atoms with Gasteiger partial charge in [0, 0.05) is 24.7 Å². The number of rotatable bonds is 4. The minimum atomic E-state index is 0.199. The van der Waals surface area contributed by atoms with Crippen LogP contribution in [0.2, 0.25) is 0 Å². The Morgan fingerprint density at radius 1 is 1.38 bits per heavy atom. The second kappa shape index (κ2) is 7.08. The third-order valence-electron chi connectivity index (χ3n) is 4.24. The van der Waals surface area contributed by atoms with Crippen LogP contribution in [-0.2, 0) is 0 Å². The van der Waals surface area contributed by atoms with E-state index in [0.29, 0.717) is 12.0 Å². The second-order valence-electron chi connectivity index (χ2n) is 6.64. The molecule has 1 fully saturated rings. The van der Waals surface area contributed by atoms with Gasteiger partial charge in [-0.1, -0.05) is 31.5 Å². The molecule has 1 aliphatic heterocycles. The van der Waals surface area contributed by atoms with Crippen molar-refractivity contribution < 1.29 is 4.79 Å². The van der Waals surface area contributed by atoms with Gasteiger partial charge in [-0.05, 0) is 50.8 Å². The maximum absolute atomic E-state index is 12.8. The zero-order valence-electron chi connectivity index (χ0n) is 13.8. The van der Waals surface area contributed by atoms with Crippen molar-refractivity contribution in [3.63, 3.8) is 0 Å². The fourth-order valence-corrected chi connectivity index (χ4v) is 2.96. The number of likely N-dealkylation sites (tertiary alicyclic amines) is 1. The molecule has 1 aromatic rings. The zero-order valence-corrected chi connectivity index (χ0v) is 13.8. The lowest BCUT2D eigenvalue weighted by atomic mass is 9.96. The molecule has 1 N–H and O–H groups in total. The first-order chi connectivity index (χ1) is 9.97. The SMILES string of the molecule is Cc1ccc(C)c(C(=O)N2CCCC(CNC(C)C)C2)c1. The number of hydrogen-bond acceptors (Lipinski definition) is 2. The van der Waals surface area contributed by atoms with Crippen molar-refractivity contribution in [1.82, 2.24) is 10.2 Å². The summed E-state index contributed by atoms with van der Waals surface area (Å²) in [6, 6.07) is 6.64. The van der Waals surface area contributed by atoms with Crippen molar-refractivity contribution in [3.8, 4) is 0 Å². The fraction of sp³-hybridized carbons (Fsp3) is 0.611. The van der Waals surface area contributed by atoms with Crippen molar-refractivity contribution in [2.24, 2.45) is 5.92 Å². The highest BCUT2D eigenvalue weighted by Crippen LogP contribution is 2.20. The molecule has 1 aromatic carbocycles. The van der Waals surface area contributed by atoms with E-state index in [1.54, 1.807) is 0 Å². The molecule has 1 unspecified atom stereocenters. The molecule has 2 rings (SSSR count). The highest BCUT2D eigenvalue weighted by molar-refractivity contribution is 5.95. The molecular formula is C18H28N2O. The molecule has 0 aliphatic carbocycles. The van der Waals surface area contributed by atoms with Crippen molar-refractivity contribution >= 4 is 5.91 Å². The van der Waals surface area contributed by atoms with Crippen LogP contribution < -0.4 is 5.32 Å². The molecule has 1 amide bonds. The first-order valence-electron chi connectivity index (χ1n) is 8.07. The molecule has 0 spiro atoms. The van der Waals surface area contributed by atoms with Gasteiger partial charge in [0.05, 0.1) is 0 Å².